The molecular weight excluding hydrogens is 272 g/mol. The van der Waals surface area contributed by atoms with Gasteiger partial charge in [0.25, 0.3) is 0 Å². The normalized spacial score (nSPS) is 14.4. The molecule has 20 heavy (non-hydrogen) atoms. The molecule has 1 aliphatic rings. The van der Waals surface area contributed by atoms with Gasteiger partial charge in [0.1, 0.15) is 0 Å². The van der Waals surface area contributed by atoms with E-state index >= 15 is 0 Å². The van der Waals surface area contributed by atoms with Gasteiger partial charge in [-0.05, 0) is 16.3 Å². The van der Waals surface area contributed by atoms with Crippen LogP contribution in [-0.4, -0.2) is 30.9 Å². The molecule has 0 spiro atoms. The summed E-state index contributed by atoms with van der Waals surface area (Å²) in [6, 6.07) is 14.6. The molecule has 2 aromatic carbocycles. The minimum Gasteiger partial charge on any atom is -0.341 e. The van der Waals surface area contributed by atoms with Crippen LogP contribution in [0.5, 0.6) is 0 Å². The van der Waals surface area contributed by atoms with Crippen LogP contribution in [0.2, 0.25) is 0 Å². The van der Waals surface area contributed by atoms with E-state index in [0.29, 0.717) is 6.54 Å². The van der Waals surface area contributed by atoms with Crippen molar-refractivity contribution in [3.8, 4) is 0 Å². The number of rotatable bonds is 3. The van der Waals surface area contributed by atoms with Crippen LogP contribution in [0.4, 0.5) is 0 Å². The van der Waals surface area contributed by atoms with Crippen molar-refractivity contribution >= 4 is 29.1 Å². The maximum atomic E-state index is 12.2. The molecule has 4 heteroatoms. The molecule has 0 atom stereocenters. The van der Waals surface area contributed by atoms with Gasteiger partial charge in [-0.25, -0.2) is 0 Å². The molecule has 2 aromatic rings. The Balaban J connectivity index is 0.00000147. The fraction of sp³-hybridized carbons (Fsp3) is 0.312. The summed E-state index contributed by atoms with van der Waals surface area (Å²) in [4.78, 5) is 14.0. The highest BCUT2D eigenvalue weighted by molar-refractivity contribution is 5.86. The van der Waals surface area contributed by atoms with Gasteiger partial charge in [0.15, 0.2) is 0 Å². The Morgan fingerprint density at radius 3 is 2.60 bits per heavy atom. The Kier molecular flexibility index (Phi) is 4.63. The smallest absolute Gasteiger partial charge is 0.228 e. The number of nitrogens with one attached hydrogen (secondary N) is 1. The van der Waals surface area contributed by atoms with E-state index in [-0.39, 0.29) is 24.2 Å². The molecule has 0 aliphatic carbocycles. The van der Waals surface area contributed by atoms with Gasteiger partial charge in [0, 0.05) is 26.7 Å². The zero-order valence-electron chi connectivity index (χ0n) is 11.5. The number of amides is 1. The molecule has 1 saturated heterocycles. The Morgan fingerprint density at radius 2 is 1.90 bits per heavy atom. The molecule has 0 unspecified atom stereocenters. The average Bonchev–Trinajstić information content (AvgIpc) is 2.37. The summed E-state index contributed by atoms with van der Waals surface area (Å²) in [5.74, 6) is 0.409. The number of halogens is 1. The maximum Gasteiger partial charge on any atom is 0.228 e. The Labute approximate surface area is 125 Å². The second-order valence-corrected chi connectivity index (χ2v) is 5.19. The lowest BCUT2D eigenvalue weighted by Crippen LogP contribution is -2.50. The second kappa shape index (κ2) is 6.25. The van der Waals surface area contributed by atoms with Crippen LogP contribution >= 0.6 is 12.4 Å². The van der Waals surface area contributed by atoms with Gasteiger partial charge in [-0.2, -0.15) is 0 Å². The van der Waals surface area contributed by atoms with E-state index in [1.807, 2.05) is 24.1 Å². The third-order valence-corrected chi connectivity index (χ3v) is 3.79. The highest BCUT2D eigenvalue weighted by Gasteiger charge is 2.27. The van der Waals surface area contributed by atoms with Gasteiger partial charge < -0.3 is 10.2 Å². The number of hydrogen-bond donors (Lipinski definition) is 1. The van der Waals surface area contributed by atoms with Crippen molar-refractivity contribution in [1.82, 2.24) is 10.2 Å². The molecule has 1 amide bonds. The summed E-state index contributed by atoms with van der Waals surface area (Å²) >= 11 is 0. The first-order valence-electron chi connectivity index (χ1n) is 6.68. The highest BCUT2D eigenvalue weighted by atomic mass is 35.5. The molecule has 1 aliphatic heterocycles. The minimum absolute atomic E-state index is 0. The van der Waals surface area contributed by atoms with Crippen LogP contribution in [-0.2, 0) is 11.3 Å². The van der Waals surface area contributed by atoms with Gasteiger partial charge in [0.2, 0.25) is 5.91 Å². The van der Waals surface area contributed by atoms with E-state index in [1.54, 1.807) is 0 Å². The molecule has 0 saturated carbocycles. The molecule has 0 radical (unpaired) electrons. The Bertz CT molecular complexity index is 605. The fourth-order valence-electron chi connectivity index (χ4n) is 2.54. The lowest BCUT2D eigenvalue weighted by Gasteiger charge is -2.30. The predicted octanol–water partition coefficient (Wildman–Crippen LogP) is 2.44. The van der Waals surface area contributed by atoms with E-state index in [4.69, 9.17) is 0 Å². The summed E-state index contributed by atoms with van der Waals surface area (Å²) in [5.41, 5.74) is 1.21. The summed E-state index contributed by atoms with van der Waals surface area (Å²) in [7, 11) is 1.89. The molecule has 1 heterocycles. The number of nitrogens with zero attached hydrogens (tertiary/aromatic N) is 1. The first-order chi connectivity index (χ1) is 9.25. The zero-order chi connectivity index (χ0) is 13.2. The van der Waals surface area contributed by atoms with E-state index < -0.39 is 0 Å². The van der Waals surface area contributed by atoms with Crippen LogP contribution in [0.3, 0.4) is 0 Å². The largest absolute Gasteiger partial charge is 0.341 e. The molecule has 1 fully saturated rings. The minimum atomic E-state index is 0. The van der Waals surface area contributed by atoms with Crippen molar-refractivity contribution < 1.29 is 4.79 Å². The molecular formula is C16H19ClN2O. The summed E-state index contributed by atoms with van der Waals surface area (Å²) < 4.78 is 0. The van der Waals surface area contributed by atoms with Gasteiger partial charge in [0.05, 0.1) is 5.92 Å². The molecule has 0 aromatic heterocycles. The number of benzene rings is 2. The number of carbonyl (C=O) groups is 1. The van der Waals surface area contributed by atoms with Crippen molar-refractivity contribution in [3.05, 3.63) is 48.0 Å². The Hall–Kier alpha value is -1.58. The van der Waals surface area contributed by atoms with Crippen LogP contribution in [0.1, 0.15) is 5.56 Å². The molecule has 0 bridgehead atoms. The van der Waals surface area contributed by atoms with Gasteiger partial charge in [-0.1, -0.05) is 42.5 Å². The van der Waals surface area contributed by atoms with E-state index in [2.05, 4.69) is 35.6 Å². The van der Waals surface area contributed by atoms with Gasteiger partial charge in [-0.3, -0.25) is 4.79 Å². The monoisotopic (exact) mass is 290 g/mol. The SMILES string of the molecule is CN(Cc1cccc2ccccc12)C(=O)C1CNC1.Cl. The van der Waals surface area contributed by atoms with Crippen LogP contribution in [0, 0.1) is 5.92 Å². The number of hydrogen-bond acceptors (Lipinski definition) is 2. The van der Waals surface area contributed by atoms with Gasteiger partial charge >= 0.3 is 0 Å². The second-order valence-electron chi connectivity index (χ2n) is 5.19. The highest BCUT2D eigenvalue weighted by Crippen LogP contribution is 2.20. The maximum absolute atomic E-state index is 12.2. The van der Waals surface area contributed by atoms with Crippen molar-refractivity contribution in [1.29, 1.82) is 0 Å². The van der Waals surface area contributed by atoms with E-state index in [0.717, 1.165) is 13.1 Å². The van der Waals surface area contributed by atoms with Crippen molar-refractivity contribution in [2.75, 3.05) is 20.1 Å². The summed E-state index contributed by atoms with van der Waals surface area (Å²) in [6.45, 7) is 2.31. The quantitative estimate of drug-likeness (QED) is 0.942. The first kappa shape index (κ1) is 14.8. The fourth-order valence-corrected chi connectivity index (χ4v) is 2.54. The van der Waals surface area contributed by atoms with E-state index in [1.165, 1.54) is 16.3 Å². The van der Waals surface area contributed by atoms with Crippen molar-refractivity contribution in [3.63, 3.8) is 0 Å². The molecule has 106 valence electrons. The topological polar surface area (TPSA) is 32.3 Å². The zero-order valence-corrected chi connectivity index (χ0v) is 12.3. The van der Waals surface area contributed by atoms with Crippen molar-refractivity contribution in [2.24, 2.45) is 5.92 Å². The lowest BCUT2D eigenvalue weighted by atomic mass is 10.0. The van der Waals surface area contributed by atoms with E-state index in [9.17, 15) is 4.79 Å². The first-order valence-corrected chi connectivity index (χ1v) is 6.68. The van der Waals surface area contributed by atoms with Gasteiger partial charge in [-0.15, -0.1) is 12.4 Å². The third kappa shape index (κ3) is 2.79. The lowest BCUT2D eigenvalue weighted by molar-refractivity contribution is -0.136. The average molecular weight is 291 g/mol. The number of carbonyl (C=O) groups excluding carboxylic acids is 1. The Morgan fingerprint density at radius 1 is 1.20 bits per heavy atom. The predicted molar refractivity (Wildman–Crippen MR) is 84.0 cm³/mol. The third-order valence-electron chi connectivity index (χ3n) is 3.79. The van der Waals surface area contributed by atoms with Crippen molar-refractivity contribution in [2.45, 2.75) is 6.54 Å². The molecule has 3 nitrogen and oxygen atoms in total. The van der Waals surface area contributed by atoms with Crippen LogP contribution < -0.4 is 5.32 Å². The molecule has 1 N–H and O–H groups in total. The van der Waals surface area contributed by atoms with Crippen LogP contribution in [0.15, 0.2) is 42.5 Å². The van der Waals surface area contributed by atoms with Crippen LogP contribution in [0.25, 0.3) is 10.8 Å². The summed E-state index contributed by atoms with van der Waals surface area (Å²) in [5, 5.41) is 5.60. The number of fused-ring (bicyclic) bond motifs is 1. The standard InChI is InChI=1S/C16H18N2O.ClH/c1-18(16(19)14-9-17-10-14)11-13-7-4-6-12-5-2-3-8-15(12)13;/h2-8,14,17H,9-11H2,1H3;1H. The summed E-state index contributed by atoms with van der Waals surface area (Å²) in [6.07, 6.45) is 0. The molecule has 3 rings (SSSR count).